The quantitative estimate of drug-likeness (QED) is 0.831. The van der Waals surface area contributed by atoms with Crippen LogP contribution in [0.2, 0.25) is 0 Å². The highest BCUT2D eigenvalue weighted by molar-refractivity contribution is 7.90. The average Bonchev–Trinajstić information content (AvgIpc) is 2.75. The lowest BCUT2D eigenvalue weighted by Crippen LogP contribution is -2.02. The largest absolute Gasteiger partial charge is 0.450 e. The van der Waals surface area contributed by atoms with E-state index in [1.54, 1.807) is 19.1 Å². The van der Waals surface area contributed by atoms with Gasteiger partial charge in [-0.2, -0.15) is 0 Å². The fourth-order valence-corrected chi connectivity index (χ4v) is 3.61. The summed E-state index contributed by atoms with van der Waals surface area (Å²) >= 11 is 1.43. The molecule has 0 spiro atoms. The summed E-state index contributed by atoms with van der Waals surface area (Å²) in [4.78, 5) is 0.823. The van der Waals surface area contributed by atoms with Crippen molar-refractivity contribution in [3.63, 3.8) is 0 Å². The van der Waals surface area contributed by atoms with Crippen LogP contribution >= 0.6 is 11.3 Å². The number of rotatable bonds is 3. The van der Waals surface area contributed by atoms with Crippen LogP contribution in [0.5, 0.6) is 0 Å². The standard InChI is InChI=1S/C10H10O3S2/c1-8-4-5-10(13-8)15(11,12)7-9-3-2-6-14-9/h2-6H,7H2,1H3. The maximum absolute atomic E-state index is 11.8. The molecule has 0 atom stereocenters. The summed E-state index contributed by atoms with van der Waals surface area (Å²) < 4.78 is 28.8. The Morgan fingerprint density at radius 1 is 1.33 bits per heavy atom. The third-order valence-electron chi connectivity index (χ3n) is 1.93. The molecule has 0 fully saturated rings. The second-order valence-corrected chi connectivity index (χ2v) is 6.16. The van der Waals surface area contributed by atoms with E-state index >= 15 is 0 Å². The fraction of sp³-hybridized carbons (Fsp3) is 0.200. The Labute approximate surface area is 92.3 Å². The molecule has 0 saturated carbocycles. The van der Waals surface area contributed by atoms with Gasteiger partial charge in [0.15, 0.2) is 0 Å². The van der Waals surface area contributed by atoms with Crippen molar-refractivity contribution in [2.45, 2.75) is 17.8 Å². The van der Waals surface area contributed by atoms with Crippen LogP contribution in [-0.2, 0) is 15.6 Å². The molecule has 0 aliphatic heterocycles. The molecule has 0 aliphatic rings. The number of furan rings is 1. The van der Waals surface area contributed by atoms with Crippen molar-refractivity contribution in [3.8, 4) is 0 Å². The minimum atomic E-state index is -3.32. The highest BCUT2D eigenvalue weighted by atomic mass is 32.2. The molecule has 2 aromatic heterocycles. The second kappa shape index (κ2) is 3.83. The average molecular weight is 242 g/mol. The summed E-state index contributed by atoms with van der Waals surface area (Å²) in [5.74, 6) is 0.622. The van der Waals surface area contributed by atoms with Gasteiger partial charge in [0.25, 0.3) is 0 Å². The van der Waals surface area contributed by atoms with Crippen LogP contribution in [0.25, 0.3) is 0 Å². The highest BCUT2D eigenvalue weighted by Crippen LogP contribution is 2.20. The molecule has 0 saturated heterocycles. The van der Waals surface area contributed by atoms with E-state index < -0.39 is 9.84 Å². The van der Waals surface area contributed by atoms with Crippen LogP contribution in [0.1, 0.15) is 10.6 Å². The molecule has 0 aromatic carbocycles. The Hall–Kier alpha value is -1.07. The normalized spacial score (nSPS) is 11.8. The maximum atomic E-state index is 11.8. The lowest BCUT2D eigenvalue weighted by Gasteiger charge is -1.97. The molecule has 5 heteroatoms. The van der Waals surface area contributed by atoms with E-state index in [2.05, 4.69) is 0 Å². The van der Waals surface area contributed by atoms with Crippen molar-refractivity contribution in [2.75, 3.05) is 0 Å². The number of sulfone groups is 1. The summed E-state index contributed by atoms with van der Waals surface area (Å²) in [5.41, 5.74) is 0. The summed E-state index contributed by atoms with van der Waals surface area (Å²) in [6.45, 7) is 1.73. The molecule has 0 radical (unpaired) electrons. The molecule has 3 nitrogen and oxygen atoms in total. The molecular weight excluding hydrogens is 232 g/mol. The van der Waals surface area contributed by atoms with Gasteiger partial charge in [-0.05, 0) is 30.5 Å². The first kappa shape index (κ1) is 10.4. The molecule has 0 bridgehead atoms. The van der Waals surface area contributed by atoms with Crippen LogP contribution in [0.15, 0.2) is 39.2 Å². The molecule has 15 heavy (non-hydrogen) atoms. The molecule has 0 unspecified atom stereocenters. The second-order valence-electron chi connectivity index (χ2n) is 3.20. The summed E-state index contributed by atoms with van der Waals surface area (Å²) in [7, 11) is -3.32. The Balaban J connectivity index is 2.28. The van der Waals surface area contributed by atoms with E-state index in [9.17, 15) is 8.42 Å². The molecular formula is C10H10O3S2. The molecule has 2 rings (SSSR count). The fourth-order valence-electron chi connectivity index (χ4n) is 1.23. The third kappa shape index (κ3) is 2.30. The molecule has 80 valence electrons. The number of thiophene rings is 1. The van der Waals surface area contributed by atoms with Gasteiger partial charge in [-0.25, -0.2) is 8.42 Å². The van der Waals surface area contributed by atoms with Crippen LogP contribution in [-0.4, -0.2) is 8.42 Å². The van der Waals surface area contributed by atoms with E-state index in [0.29, 0.717) is 5.76 Å². The molecule has 2 aromatic rings. The zero-order valence-electron chi connectivity index (χ0n) is 8.14. The van der Waals surface area contributed by atoms with Crippen molar-refractivity contribution < 1.29 is 12.8 Å². The van der Waals surface area contributed by atoms with Gasteiger partial charge in [-0.1, -0.05) is 6.07 Å². The van der Waals surface area contributed by atoms with Gasteiger partial charge in [0, 0.05) is 4.88 Å². The molecule has 0 N–H and O–H groups in total. The number of hydrogen-bond donors (Lipinski definition) is 0. The van der Waals surface area contributed by atoms with E-state index in [0.717, 1.165) is 4.88 Å². The predicted octanol–water partition coefficient (Wildman–Crippen LogP) is 2.62. The van der Waals surface area contributed by atoms with Crippen molar-refractivity contribution in [1.29, 1.82) is 0 Å². The van der Waals surface area contributed by atoms with Crippen molar-refractivity contribution in [3.05, 3.63) is 40.3 Å². The molecule has 0 amide bonds. The number of aryl methyl sites for hydroxylation is 1. The first-order valence-corrected chi connectivity index (χ1v) is 6.93. The number of hydrogen-bond acceptors (Lipinski definition) is 4. The van der Waals surface area contributed by atoms with Gasteiger partial charge in [-0.15, -0.1) is 11.3 Å². The van der Waals surface area contributed by atoms with E-state index in [1.165, 1.54) is 17.4 Å². The van der Waals surface area contributed by atoms with Crippen LogP contribution in [0.3, 0.4) is 0 Å². The monoisotopic (exact) mass is 242 g/mol. The van der Waals surface area contributed by atoms with E-state index in [4.69, 9.17) is 4.42 Å². The zero-order valence-corrected chi connectivity index (χ0v) is 9.77. The predicted molar refractivity (Wildman–Crippen MR) is 58.7 cm³/mol. The summed E-state index contributed by atoms with van der Waals surface area (Å²) in [6, 6.07) is 6.79. The van der Waals surface area contributed by atoms with Crippen molar-refractivity contribution in [2.24, 2.45) is 0 Å². The Bertz CT molecular complexity index is 535. The van der Waals surface area contributed by atoms with Crippen LogP contribution < -0.4 is 0 Å². The Kier molecular flexibility index (Phi) is 2.67. The molecule has 2 heterocycles. The lowest BCUT2D eigenvalue weighted by atomic mass is 10.5. The van der Waals surface area contributed by atoms with Crippen LogP contribution in [0, 0.1) is 6.92 Å². The summed E-state index contributed by atoms with van der Waals surface area (Å²) in [5, 5.41) is 1.91. The minimum Gasteiger partial charge on any atom is -0.450 e. The van der Waals surface area contributed by atoms with Crippen LogP contribution in [0.4, 0.5) is 0 Å². The van der Waals surface area contributed by atoms with Gasteiger partial charge in [0.05, 0.1) is 5.75 Å². The zero-order chi connectivity index (χ0) is 10.9. The Morgan fingerprint density at radius 3 is 2.67 bits per heavy atom. The third-order valence-corrected chi connectivity index (χ3v) is 4.52. The van der Waals surface area contributed by atoms with E-state index in [-0.39, 0.29) is 10.8 Å². The summed E-state index contributed by atoms with van der Waals surface area (Å²) in [6.07, 6.45) is 0. The minimum absolute atomic E-state index is 0.0115. The van der Waals surface area contributed by atoms with Gasteiger partial charge >= 0.3 is 0 Å². The maximum Gasteiger partial charge on any atom is 0.218 e. The van der Waals surface area contributed by atoms with Gasteiger partial charge in [-0.3, -0.25) is 0 Å². The van der Waals surface area contributed by atoms with Crippen molar-refractivity contribution in [1.82, 2.24) is 0 Å². The Morgan fingerprint density at radius 2 is 2.13 bits per heavy atom. The first-order chi connectivity index (χ1) is 7.08. The van der Waals surface area contributed by atoms with Gasteiger partial charge < -0.3 is 4.42 Å². The molecule has 0 aliphatic carbocycles. The van der Waals surface area contributed by atoms with Crippen molar-refractivity contribution >= 4 is 21.2 Å². The van der Waals surface area contributed by atoms with Gasteiger partial charge in [0.2, 0.25) is 14.9 Å². The smallest absolute Gasteiger partial charge is 0.218 e. The first-order valence-electron chi connectivity index (χ1n) is 4.39. The lowest BCUT2D eigenvalue weighted by molar-refractivity contribution is 0.428. The van der Waals surface area contributed by atoms with E-state index in [1.807, 2.05) is 11.4 Å². The highest BCUT2D eigenvalue weighted by Gasteiger charge is 2.19. The SMILES string of the molecule is Cc1ccc(S(=O)(=O)Cc2cccs2)o1. The van der Waals surface area contributed by atoms with Gasteiger partial charge in [0.1, 0.15) is 5.76 Å². The topological polar surface area (TPSA) is 47.3 Å².